The summed E-state index contributed by atoms with van der Waals surface area (Å²) in [6, 6.07) is 13.4. The maximum absolute atomic E-state index is 12.6. The fourth-order valence-electron chi connectivity index (χ4n) is 3.02. The molecule has 2 aromatic carbocycles. The predicted octanol–water partition coefficient (Wildman–Crippen LogP) is 3.98. The van der Waals surface area contributed by atoms with Crippen LogP contribution in [0.15, 0.2) is 58.6 Å². The van der Waals surface area contributed by atoms with Gasteiger partial charge in [0.1, 0.15) is 0 Å². The van der Waals surface area contributed by atoms with E-state index >= 15 is 0 Å². The molecule has 2 heterocycles. The van der Waals surface area contributed by atoms with Crippen molar-refractivity contribution >= 4 is 40.2 Å². The molecule has 0 aliphatic heterocycles. The lowest BCUT2D eigenvalue weighted by Crippen LogP contribution is -2.18. The number of aromatic amines is 2. The van der Waals surface area contributed by atoms with Crippen LogP contribution in [-0.4, -0.2) is 20.9 Å². The van der Waals surface area contributed by atoms with Crippen LogP contribution in [0.1, 0.15) is 18.1 Å². The zero-order valence-corrected chi connectivity index (χ0v) is 14.4. The Balaban J connectivity index is 1.85. The molecule has 2 N–H and O–H groups in total. The number of hydrogen-bond acceptors (Lipinski definition) is 3. The monoisotopic (exact) mass is 348 g/mol. The van der Waals surface area contributed by atoms with Crippen LogP contribution in [0.25, 0.3) is 21.8 Å². The smallest absolute Gasteiger partial charge is 0.282 e. The third-order valence-corrected chi connectivity index (χ3v) is 4.59. The molecule has 0 amide bonds. The minimum Gasteiger partial charge on any atom is -0.360 e. The second-order valence-electron chi connectivity index (χ2n) is 5.77. The van der Waals surface area contributed by atoms with Gasteiger partial charge in [-0.15, -0.1) is 0 Å². The maximum atomic E-state index is 12.6. The fourth-order valence-corrected chi connectivity index (χ4v) is 3.26. The molecule has 4 aromatic rings. The predicted molar refractivity (Wildman–Crippen MR) is 104 cm³/mol. The summed E-state index contributed by atoms with van der Waals surface area (Å²) in [7, 11) is 0. The standard InChI is InChI=1S/C19H16N4OS/c1-2-12-6-5-8-14-13(10-20-17(12)14)11-21-23-18(24)15-7-3-4-9-16(15)22-19(23)25/h3-11,20H,2H2,1H3,(H,22,25)/b21-11+. The van der Waals surface area contributed by atoms with Crippen LogP contribution in [0.3, 0.4) is 0 Å². The largest absolute Gasteiger partial charge is 0.360 e. The molecule has 0 aliphatic carbocycles. The molecule has 0 aliphatic rings. The van der Waals surface area contributed by atoms with Gasteiger partial charge in [0.2, 0.25) is 4.77 Å². The van der Waals surface area contributed by atoms with Gasteiger partial charge in [-0.25, -0.2) is 0 Å². The van der Waals surface area contributed by atoms with E-state index in [1.807, 2.05) is 36.5 Å². The summed E-state index contributed by atoms with van der Waals surface area (Å²) in [4.78, 5) is 19.0. The van der Waals surface area contributed by atoms with Crippen molar-refractivity contribution in [3.8, 4) is 0 Å². The molecule has 0 saturated heterocycles. The van der Waals surface area contributed by atoms with Crippen molar-refractivity contribution in [3.63, 3.8) is 0 Å². The van der Waals surface area contributed by atoms with E-state index in [0.717, 1.165) is 22.9 Å². The van der Waals surface area contributed by atoms with Crippen LogP contribution in [0.4, 0.5) is 0 Å². The highest BCUT2D eigenvalue weighted by atomic mass is 32.1. The van der Waals surface area contributed by atoms with E-state index in [2.05, 4.69) is 28.1 Å². The topological polar surface area (TPSA) is 65.9 Å². The van der Waals surface area contributed by atoms with E-state index in [0.29, 0.717) is 10.9 Å². The van der Waals surface area contributed by atoms with Gasteiger partial charge in [-0.3, -0.25) is 4.79 Å². The minimum atomic E-state index is -0.232. The summed E-state index contributed by atoms with van der Waals surface area (Å²) >= 11 is 5.28. The lowest BCUT2D eigenvalue weighted by atomic mass is 10.1. The molecular formula is C19H16N4OS. The Hall–Kier alpha value is -2.99. The summed E-state index contributed by atoms with van der Waals surface area (Å²) in [6.45, 7) is 2.12. The second-order valence-corrected chi connectivity index (χ2v) is 6.16. The molecule has 0 atom stereocenters. The van der Waals surface area contributed by atoms with Crippen LogP contribution in [0.5, 0.6) is 0 Å². The number of hydrogen-bond donors (Lipinski definition) is 2. The van der Waals surface area contributed by atoms with E-state index in [1.54, 1.807) is 12.3 Å². The first kappa shape index (κ1) is 15.5. The van der Waals surface area contributed by atoms with Crippen LogP contribution < -0.4 is 5.56 Å². The van der Waals surface area contributed by atoms with Crippen molar-refractivity contribution in [1.29, 1.82) is 0 Å². The molecule has 4 rings (SSSR count). The number of fused-ring (bicyclic) bond motifs is 2. The average Bonchev–Trinajstić information content (AvgIpc) is 3.05. The first-order valence-corrected chi connectivity index (χ1v) is 8.47. The molecule has 0 saturated carbocycles. The van der Waals surface area contributed by atoms with Gasteiger partial charge >= 0.3 is 0 Å². The Morgan fingerprint density at radius 3 is 2.80 bits per heavy atom. The zero-order chi connectivity index (χ0) is 17.4. The lowest BCUT2D eigenvalue weighted by Gasteiger charge is -2.02. The Morgan fingerprint density at radius 2 is 1.96 bits per heavy atom. The number of nitrogens with one attached hydrogen (secondary N) is 2. The van der Waals surface area contributed by atoms with Crippen molar-refractivity contribution in [2.45, 2.75) is 13.3 Å². The number of aromatic nitrogens is 3. The molecule has 2 aromatic heterocycles. The quantitative estimate of drug-likeness (QED) is 0.434. The second kappa shape index (κ2) is 6.14. The lowest BCUT2D eigenvalue weighted by molar-refractivity contribution is 0.800. The highest BCUT2D eigenvalue weighted by molar-refractivity contribution is 7.71. The summed E-state index contributed by atoms with van der Waals surface area (Å²) in [5, 5.41) is 5.96. The van der Waals surface area contributed by atoms with Crippen molar-refractivity contribution in [3.05, 3.63) is 74.9 Å². The molecule has 124 valence electrons. The summed E-state index contributed by atoms with van der Waals surface area (Å²) < 4.78 is 1.49. The van der Waals surface area contributed by atoms with E-state index in [4.69, 9.17) is 12.2 Å². The molecule has 0 fully saturated rings. The Bertz CT molecular complexity index is 1230. The van der Waals surface area contributed by atoms with Crippen LogP contribution in [0, 0.1) is 4.77 Å². The summed E-state index contributed by atoms with van der Waals surface area (Å²) in [5.41, 5.74) is 3.74. The van der Waals surface area contributed by atoms with E-state index in [-0.39, 0.29) is 10.3 Å². The van der Waals surface area contributed by atoms with Crippen molar-refractivity contribution in [2.24, 2.45) is 5.10 Å². The van der Waals surface area contributed by atoms with Gasteiger partial charge in [0, 0.05) is 22.7 Å². The number of benzene rings is 2. The minimum absolute atomic E-state index is 0.232. The molecule has 25 heavy (non-hydrogen) atoms. The third kappa shape index (κ3) is 2.60. The van der Waals surface area contributed by atoms with Crippen molar-refractivity contribution in [2.75, 3.05) is 0 Å². The van der Waals surface area contributed by atoms with Crippen LogP contribution in [-0.2, 0) is 6.42 Å². The van der Waals surface area contributed by atoms with Gasteiger partial charge in [-0.1, -0.05) is 37.3 Å². The fraction of sp³-hybridized carbons (Fsp3) is 0.105. The average molecular weight is 348 g/mol. The Labute approximate surface area is 148 Å². The normalized spacial score (nSPS) is 11.7. The van der Waals surface area contributed by atoms with Crippen molar-refractivity contribution in [1.82, 2.24) is 14.6 Å². The number of H-pyrrole nitrogens is 2. The van der Waals surface area contributed by atoms with Gasteiger partial charge in [-0.2, -0.15) is 9.78 Å². The van der Waals surface area contributed by atoms with Gasteiger partial charge in [0.05, 0.1) is 17.1 Å². The number of aryl methyl sites for hydroxylation is 1. The molecule has 0 spiro atoms. The first-order valence-electron chi connectivity index (χ1n) is 8.06. The van der Waals surface area contributed by atoms with Gasteiger partial charge in [-0.05, 0) is 36.3 Å². The highest BCUT2D eigenvalue weighted by Gasteiger charge is 2.06. The molecular weight excluding hydrogens is 332 g/mol. The zero-order valence-electron chi connectivity index (χ0n) is 13.6. The molecule has 0 bridgehead atoms. The summed E-state index contributed by atoms with van der Waals surface area (Å²) in [6.07, 6.45) is 4.51. The first-order chi connectivity index (χ1) is 12.2. The SMILES string of the molecule is CCc1cccc2c(/C=N/n3c(=S)[nH]c4ccccc4c3=O)c[nH]c12. The molecule has 6 heteroatoms. The number of para-hydroxylation sites is 2. The van der Waals surface area contributed by atoms with E-state index in [9.17, 15) is 4.79 Å². The number of rotatable bonds is 3. The summed E-state index contributed by atoms with van der Waals surface area (Å²) in [5.74, 6) is 0. The Morgan fingerprint density at radius 1 is 1.16 bits per heavy atom. The maximum Gasteiger partial charge on any atom is 0.282 e. The third-order valence-electron chi connectivity index (χ3n) is 4.31. The van der Waals surface area contributed by atoms with Gasteiger partial charge < -0.3 is 9.97 Å². The highest BCUT2D eigenvalue weighted by Crippen LogP contribution is 2.21. The van der Waals surface area contributed by atoms with Crippen LogP contribution >= 0.6 is 12.2 Å². The molecule has 5 nitrogen and oxygen atoms in total. The van der Waals surface area contributed by atoms with E-state index in [1.165, 1.54) is 10.2 Å². The molecule has 0 radical (unpaired) electrons. The molecule has 0 unspecified atom stereocenters. The van der Waals surface area contributed by atoms with Crippen molar-refractivity contribution < 1.29 is 0 Å². The van der Waals surface area contributed by atoms with Gasteiger partial charge in [0.25, 0.3) is 5.56 Å². The number of nitrogens with zero attached hydrogens (tertiary/aromatic N) is 2. The van der Waals surface area contributed by atoms with Crippen LogP contribution in [0.2, 0.25) is 0 Å². The Kier molecular flexibility index (Phi) is 3.82. The van der Waals surface area contributed by atoms with E-state index < -0.39 is 0 Å². The van der Waals surface area contributed by atoms with Gasteiger partial charge in [0.15, 0.2) is 0 Å².